The van der Waals surface area contributed by atoms with Crippen molar-refractivity contribution < 1.29 is 9.14 Å². The van der Waals surface area contributed by atoms with E-state index in [2.05, 4.69) is 103 Å². The van der Waals surface area contributed by atoms with Crippen molar-refractivity contribution in [1.82, 2.24) is 4.57 Å². The molecule has 3 heterocycles. The summed E-state index contributed by atoms with van der Waals surface area (Å²) in [5.41, 5.74) is 7.78. The van der Waals surface area contributed by atoms with Crippen molar-refractivity contribution in [3.63, 3.8) is 0 Å². The molecule has 2 aromatic heterocycles. The lowest BCUT2D eigenvalue weighted by Crippen LogP contribution is -2.38. The zero-order valence-electron chi connectivity index (χ0n) is 20.3. The molecule has 0 fully saturated rings. The van der Waals surface area contributed by atoms with Crippen LogP contribution in [0.25, 0.3) is 48.3 Å². The number of imidazole rings is 1. The predicted molar refractivity (Wildman–Crippen MR) is 146 cm³/mol. The molecule has 1 aliphatic rings. The van der Waals surface area contributed by atoms with Crippen LogP contribution in [0.1, 0.15) is 30.4 Å². The normalized spacial score (nSPS) is 16.7. The van der Waals surface area contributed by atoms with Gasteiger partial charge in [0.05, 0.1) is 23.7 Å². The van der Waals surface area contributed by atoms with Gasteiger partial charge in [-0.05, 0) is 49.1 Å². The minimum Gasteiger partial charge on any atom is -0.242 e. The average Bonchev–Trinajstić information content (AvgIpc) is 3.35. The van der Waals surface area contributed by atoms with Crippen LogP contribution in [0, 0.1) is 6.92 Å². The second kappa shape index (κ2) is 7.92. The number of thiophene rings is 1. The molecule has 1 atom stereocenters. The maximum absolute atomic E-state index is 4.64. The summed E-state index contributed by atoms with van der Waals surface area (Å²) in [7, 11) is 4.30. The molecule has 1 unspecified atom stereocenters. The molecule has 0 saturated heterocycles. The van der Waals surface area contributed by atoms with Crippen molar-refractivity contribution in [2.75, 3.05) is 7.05 Å². The molecular formula is C30H31N3S+2. The van der Waals surface area contributed by atoms with Crippen molar-refractivity contribution in [2.45, 2.75) is 38.6 Å². The molecule has 170 valence electrons. The van der Waals surface area contributed by atoms with Crippen LogP contribution < -0.4 is 4.57 Å². The van der Waals surface area contributed by atoms with Gasteiger partial charge in [-0.25, -0.2) is 9.14 Å². The Morgan fingerprint density at radius 1 is 1.12 bits per heavy atom. The largest absolute Gasteiger partial charge is 0.296 e. The fourth-order valence-corrected chi connectivity index (χ4v) is 7.24. The Hall–Kier alpha value is -3.24. The fraction of sp³-hybridized carbons (Fsp3) is 0.267. The number of fused-ring (bicyclic) bond motifs is 9. The Kier molecular flexibility index (Phi) is 4.96. The SMILES string of the molecule is C=C1CC([N+](=C)C)CCCc2cc(C)c3c(sc4ccccc43)c2-c2n(C)c3ccccc3[n+]21. The molecule has 0 saturated carbocycles. The molecule has 0 aliphatic carbocycles. The van der Waals surface area contributed by atoms with Gasteiger partial charge in [-0.1, -0.05) is 43.0 Å². The Bertz CT molecular complexity index is 1630. The Morgan fingerprint density at radius 3 is 2.71 bits per heavy atom. The topological polar surface area (TPSA) is 11.8 Å². The summed E-state index contributed by atoms with van der Waals surface area (Å²) in [5.74, 6) is 1.24. The zero-order chi connectivity index (χ0) is 23.6. The van der Waals surface area contributed by atoms with Gasteiger partial charge in [0.15, 0.2) is 17.1 Å². The lowest BCUT2D eigenvalue weighted by atomic mass is 9.92. The lowest BCUT2D eigenvalue weighted by Gasteiger charge is -2.18. The molecule has 0 amide bonds. The maximum Gasteiger partial charge on any atom is 0.296 e. The van der Waals surface area contributed by atoms with Crippen molar-refractivity contribution in [3.05, 3.63) is 72.3 Å². The minimum atomic E-state index is 0.377. The van der Waals surface area contributed by atoms with Gasteiger partial charge in [0.25, 0.3) is 5.82 Å². The van der Waals surface area contributed by atoms with Crippen molar-refractivity contribution in [1.29, 1.82) is 0 Å². The number of hydrogen-bond acceptors (Lipinski definition) is 1. The van der Waals surface area contributed by atoms with E-state index in [0.717, 1.165) is 31.4 Å². The second-order valence-electron chi connectivity index (χ2n) is 9.81. The summed E-state index contributed by atoms with van der Waals surface area (Å²) >= 11 is 1.93. The standard InChI is InChI=1S/C30H31N3S/c1-19-17-21-11-10-12-22(31(3)4)18-20(2)33-25-15-8-7-14-24(25)32(5)30(33)28(21)29-27(19)23-13-6-9-16-26(23)34-29/h6-9,13-17,22H,2-3,10-12,18H2,1,4-5H3/q+2. The van der Waals surface area contributed by atoms with Gasteiger partial charge >= 0.3 is 0 Å². The molecule has 34 heavy (non-hydrogen) atoms. The van der Waals surface area contributed by atoms with E-state index < -0.39 is 0 Å². The molecule has 0 spiro atoms. The molecule has 6 rings (SSSR count). The molecule has 0 radical (unpaired) electrons. The van der Waals surface area contributed by atoms with Gasteiger partial charge in [-0.2, -0.15) is 4.57 Å². The monoisotopic (exact) mass is 465 g/mol. The number of para-hydroxylation sites is 2. The van der Waals surface area contributed by atoms with E-state index in [0.29, 0.717) is 6.04 Å². The van der Waals surface area contributed by atoms with Crippen LogP contribution in [0.2, 0.25) is 0 Å². The molecule has 3 aromatic carbocycles. The van der Waals surface area contributed by atoms with Crippen molar-refractivity contribution in [2.24, 2.45) is 7.05 Å². The van der Waals surface area contributed by atoms with E-state index in [1.54, 1.807) is 0 Å². The first-order valence-corrected chi connectivity index (χ1v) is 12.9. The predicted octanol–water partition coefficient (Wildman–Crippen LogP) is 6.72. The number of rotatable bonds is 1. The summed E-state index contributed by atoms with van der Waals surface area (Å²) < 4.78 is 9.68. The van der Waals surface area contributed by atoms with Gasteiger partial charge in [-0.3, -0.25) is 0 Å². The van der Waals surface area contributed by atoms with Crippen LogP contribution in [0.4, 0.5) is 0 Å². The van der Waals surface area contributed by atoms with Gasteiger partial charge in [-0.15, -0.1) is 11.3 Å². The van der Waals surface area contributed by atoms with E-state index in [4.69, 9.17) is 0 Å². The molecular weight excluding hydrogens is 434 g/mol. The van der Waals surface area contributed by atoms with E-state index in [9.17, 15) is 0 Å². The first-order chi connectivity index (χ1) is 16.5. The summed E-state index contributed by atoms with van der Waals surface area (Å²) in [4.78, 5) is 0. The third-order valence-corrected chi connectivity index (χ3v) is 8.75. The molecule has 4 heteroatoms. The Morgan fingerprint density at radius 2 is 1.88 bits per heavy atom. The van der Waals surface area contributed by atoms with Crippen LogP contribution in [-0.4, -0.2) is 28.9 Å². The lowest BCUT2D eigenvalue weighted by molar-refractivity contribution is -0.560. The molecule has 0 N–H and O–H groups in total. The first kappa shape index (κ1) is 21.3. The highest BCUT2D eigenvalue weighted by molar-refractivity contribution is 7.26. The summed E-state index contributed by atoms with van der Waals surface area (Å²) in [6.07, 6.45) is 4.23. The molecule has 5 aromatic rings. The van der Waals surface area contributed by atoms with E-state index in [1.165, 1.54) is 53.7 Å². The van der Waals surface area contributed by atoms with E-state index in [1.807, 2.05) is 11.3 Å². The van der Waals surface area contributed by atoms with Crippen molar-refractivity contribution >= 4 is 55.0 Å². The Labute approximate surface area is 204 Å². The van der Waals surface area contributed by atoms with Gasteiger partial charge in [0.1, 0.15) is 19.5 Å². The molecule has 3 nitrogen and oxygen atoms in total. The molecule has 0 bridgehead atoms. The second-order valence-corrected chi connectivity index (χ2v) is 10.9. The fourth-order valence-electron chi connectivity index (χ4n) is 5.89. The third kappa shape index (κ3) is 3.08. The number of nitrogens with zero attached hydrogens (tertiary/aromatic N) is 3. The van der Waals surface area contributed by atoms with Crippen LogP contribution in [-0.2, 0) is 13.5 Å². The quantitative estimate of drug-likeness (QED) is 0.192. The van der Waals surface area contributed by atoms with Gasteiger partial charge in [0.2, 0.25) is 0 Å². The highest BCUT2D eigenvalue weighted by Gasteiger charge is 2.33. The zero-order valence-corrected chi connectivity index (χ0v) is 21.1. The van der Waals surface area contributed by atoms with Crippen LogP contribution in [0.15, 0.2) is 61.2 Å². The van der Waals surface area contributed by atoms with Crippen molar-refractivity contribution in [3.8, 4) is 11.4 Å². The van der Waals surface area contributed by atoms with Crippen LogP contribution in [0.5, 0.6) is 0 Å². The minimum absolute atomic E-state index is 0.377. The third-order valence-electron chi connectivity index (χ3n) is 7.56. The summed E-state index contributed by atoms with van der Waals surface area (Å²) in [5, 5.41) is 2.76. The number of benzene rings is 3. The van der Waals surface area contributed by atoms with E-state index >= 15 is 0 Å². The Balaban J connectivity index is 1.77. The first-order valence-electron chi connectivity index (χ1n) is 12.1. The maximum atomic E-state index is 4.64. The van der Waals surface area contributed by atoms with Gasteiger partial charge < -0.3 is 0 Å². The highest BCUT2D eigenvalue weighted by atomic mass is 32.1. The average molecular weight is 466 g/mol. The number of aryl methyl sites for hydroxylation is 3. The number of hydrogen-bond donors (Lipinski definition) is 0. The summed E-state index contributed by atoms with van der Waals surface area (Å²) in [6, 6.07) is 20.4. The molecule has 1 aliphatic heterocycles. The number of aromatic nitrogens is 2. The highest BCUT2D eigenvalue weighted by Crippen LogP contribution is 2.44. The van der Waals surface area contributed by atoms with Crippen LogP contribution in [0.3, 0.4) is 0 Å². The van der Waals surface area contributed by atoms with Gasteiger partial charge in [0, 0.05) is 21.9 Å². The van der Waals surface area contributed by atoms with Crippen LogP contribution >= 0.6 is 11.3 Å². The van der Waals surface area contributed by atoms with E-state index in [-0.39, 0.29) is 0 Å². The summed E-state index contributed by atoms with van der Waals surface area (Å²) in [6.45, 7) is 11.2. The smallest absolute Gasteiger partial charge is 0.242 e.